The Morgan fingerprint density at radius 1 is 1.22 bits per heavy atom. The molecule has 2 aromatic heterocycles. The Morgan fingerprint density at radius 3 is 2.63 bits per heavy atom. The minimum Gasteiger partial charge on any atom is -0.368 e. The monoisotopic (exact) mass is 366 g/mol. The van der Waals surface area contributed by atoms with Gasteiger partial charge >= 0.3 is 5.69 Å². The molecule has 2 heterocycles. The number of aryl methyl sites for hydroxylation is 2. The fourth-order valence-electron chi connectivity index (χ4n) is 3.52. The Bertz CT molecular complexity index is 1030. The highest BCUT2D eigenvalue weighted by Crippen LogP contribution is 2.25. The van der Waals surface area contributed by atoms with Crippen molar-refractivity contribution in [1.29, 1.82) is 0 Å². The molecule has 0 aliphatic carbocycles. The van der Waals surface area contributed by atoms with Crippen molar-refractivity contribution < 1.29 is 4.79 Å². The van der Waals surface area contributed by atoms with Gasteiger partial charge in [0, 0.05) is 18.3 Å². The van der Waals surface area contributed by atoms with Crippen LogP contribution in [0.5, 0.6) is 0 Å². The van der Waals surface area contributed by atoms with Crippen LogP contribution in [-0.4, -0.2) is 20.0 Å². The molecule has 2 N–H and O–H groups in total. The lowest BCUT2D eigenvalue weighted by Gasteiger charge is -2.14. The number of hydrogen-bond acceptors (Lipinski definition) is 3. The summed E-state index contributed by atoms with van der Waals surface area (Å²) in [6.45, 7) is 6.50. The molecule has 1 atom stereocenters. The van der Waals surface area contributed by atoms with Crippen molar-refractivity contribution in [3.63, 3.8) is 0 Å². The molecule has 142 valence electrons. The molecule has 0 saturated heterocycles. The molecule has 0 saturated carbocycles. The molecule has 3 aromatic rings. The quantitative estimate of drug-likeness (QED) is 0.695. The van der Waals surface area contributed by atoms with E-state index in [-0.39, 0.29) is 5.69 Å². The van der Waals surface area contributed by atoms with Crippen molar-refractivity contribution in [2.75, 3.05) is 0 Å². The maximum atomic E-state index is 13.0. The van der Waals surface area contributed by atoms with Gasteiger partial charge in [0.25, 0.3) is 0 Å². The Morgan fingerprint density at radius 2 is 2.00 bits per heavy atom. The number of hydrogen-bond donors (Lipinski definition) is 1. The van der Waals surface area contributed by atoms with Crippen LogP contribution < -0.4 is 11.4 Å². The predicted octanol–water partition coefficient (Wildman–Crippen LogP) is 3.41. The van der Waals surface area contributed by atoms with Crippen molar-refractivity contribution in [2.24, 2.45) is 5.73 Å². The summed E-state index contributed by atoms with van der Waals surface area (Å²) >= 11 is 0. The van der Waals surface area contributed by atoms with Gasteiger partial charge in [0.1, 0.15) is 6.04 Å². The van der Waals surface area contributed by atoms with E-state index < -0.39 is 11.9 Å². The van der Waals surface area contributed by atoms with Gasteiger partial charge in [-0.1, -0.05) is 49.6 Å². The smallest absolute Gasteiger partial charge is 0.331 e. The number of rotatable bonds is 7. The molecule has 1 aromatic carbocycles. The molecule has 0 aliphatic rings. The van der Waals surface area contributed by atoms with Gasteiger partial charge in [-0.3, -0.25) is 13.9 Å². The molecule has 6 nitrogen and oxygen atoms in total. The molecule has 27 heavy (non-hydrogen) atoms. The molecule has 0 radical (unpaired) electrons. The van der Waals surface area contributed by atoms with Crippen molar-refractivity contribution >= 4 is 17.1 Å². The summed E-state index contributed by atoms with van der Waals surface area (Å²) in [4.78, 5) is 29.6. The van der Waals surface area contributed by atoms with Gasteiger partial charge in [-0.05, 0) is 31.9 Å². The van der Waals surface area contributed by atoms with Crippen LogP contribution in [0, 0.1) is 6.92 Å². The highest BCUT2D eigenvalue weighted by molar-refractivity contribution is 5.83. The van der Waals surface area contributed by atoms with E-state index in [1.165, 1.54) is 4.57 Å². The highest BCUT2D eigenvalue weighted by atomic mass is 16.2. The topological polar surface area (TPSA) is 82.9 Å². The predicted molar refractivity (Wildman–Crippen MR) is 108 cm³/mol. The summed E-state index contributed by atoms with van der Waals surface area (Å²) < 4.78 is 3.13. The number of pyridine rings is 1. The molecular weight excluding hydrogens is 340 g/mol. The molecule has 1 unspecified atom stereocenters. The molecule has 6 heteroatoms. The first-order valence-corrected chi connectivity index (χ1v) is 9.45. The standard InChI is InChI=1S/C21H26N4O2/c1-4-6-10-17(19(22)26)25-20-18(24(5-2)21(25)27)12-16(13-23-20)15-9-7-8-14(3)11-15/h7-9,11-13,17H,4-6,10H2,1-3H3,(H2,22,26). The molecule has 0 bridgehead atoms. The van der Waals surface area contributed by atoms with Crippen LogP contribution in [0.15, 0.2) is 41.3 Å². The zero-order valence-electron chi connectivity index (χ0n) is 16.1. The second-order valence-corrected chi connectivity index (χ2v) is 6.89. The van der Waals surface area contributed by atoms with E-state index in [4.69, 9.17) is 5.73 Å². The summed E-state index contributed by atoms with van der Waals surface area (Å²) in [6.07, 6.45) is 4.04. The van der Waals surface area contributed by atoms with Gasteiger partial charge in [0.05, 0.1) is 5.52 Å². The Kier molecular flexibility index (Phi) is 5.44. The van der Waals surface area contributed by atoms with Gasteiger partial charge < -0.3 is 5.73 Å². The van der Waals surface area contributed by atoms with Crippen LogP contribution in [0.2, 0.25) is 0 Å². The SMILES string of the molecule is CCCCC(C(N)=O)n1c(=O)n(CC)c2cc(-c3cccc(C)c3)cnc21. The minimum atomic E-state index is -0.676. The maximum absolute atomic E-state index is 13.0. The number of nitrogens with zero attached hydrogens (tertiary/aromatic N) is 3. The Hall–Kier alpha value is -2.89. The van der Waals surface area contributed by atoms with Crippen LogP contribution >= 0.6 is 0 Å². The lowest BCUT2D eigenvalue weighted by atomic mass is 10.1. The summed E-state index contributed by atoms with van der Waals surface area (Å²) in [6, 6.07) is 9.44. The number of imidazole rings is 1. The number of amides is 1. The van der Waals surface area contributed by atoms with Crippen molar-refractivity contribution in [2.45, 2.75) is 52.6 Å². The highest BCUT2D eigenvalue weighted by Gasteiger charge is 2.25. The number of nitrogens with two attached hydrogens (primary N) is 1. The van der Waals surface area contributed by atoms with Crippen molar-refractivity contribution in [1.82, 2.24) is 14.1 Å². The van der Waals surface area contributed by atoms with E-state index in [0.717, 1.165) is 35.0 Å². The third-order valence-electron chi connectivity index (χ3n) is 4.94. The molecule has 0 aliphatic heterocycles. The van der Waals surface area contributed by atoms with Crippen LogP contribution in [0.1, 0.15) is 44.7 Å². The summed E-state index contributed by atoms with van der Waals surface area (Å²) in [5.41, 5.74) is 9.77. The van der Waals surface area contributed by atoms with Gasteiger partial charge in [0.15, 0.2) is 5.65 Å². The number of unbranched alkanes of at least 4 members (excludes halogenated alkanes) is 1. The average Bonchev–Trinajstić information content (AvgIpc) is 2.92. The Balaban J connectivity index is 2.21. The molecule has 1 amide bonds. The van der Waals surface area contributed by atoms with Gasteiger partial charge in [-0.25, -0.2) is 9.78 Å². The number of carbonyl (C=O) groups is 1. The van der Waals surface area contributed by atoms with E-state index in [9.17, 15) is 9.59 Å². The first kappa shape index (κ1) is 18.9. The number of benzene rings is 1. The normalized spacial score (nSPS) is 12.4. The molecule has 3 rings (SSSR count). The summed E-state index contributed by atoms with van der Waals surface area (Å²) in [5.74, 6) is -0.495. The lowest BCUT2D eigenvalue weighted by molar-refractivity contribution is -0.121. The summed E-state index contributed by atoms with van der Waals surface area (Å²) in [7, 11) is 0. The third-order valence-corrected chi connectivity index (χ3v) is 4.94. The second kappa shape index (κ2) is 7.78. The number of primary amides is 1. The van der Waals surface area contributed by atoms with E-state index in [0.29, 0.717) is 18.6 Å². The van der Waals surface area contributed by atoms with Crippen LogP contribution in [0.4, 0.5) is 0 Å². The van der Waals surface area contributed by atoms with Crippen LogP contribution in [-0.2, 0) is 11.3 Å². The van der Waals surface area contributed by atoms with Gasteiger partial charge in [-0.2, -0.15) is 0 Å². The second-order valence-electron chi connectivity index (χ2n) is 6.89. The van der Waals surface area contributed by atoms with E-state index in [2.05, 4.69) is 11.1 Å². The number of carbonyl (C=O) groups excluding carboxylic acids is 1. The molecule has 0 spiro atoms. The number of fused-ring (bicyclic) bond motifs is 1. The van der Waals surface area contributed by atoms with Gasteiger partial charge in [0.2, 0.25) is 5.91 Å². The summed E-state index contributed by atoms with van der Waals surface area (Å²) in [5, 5.41) is 0. The maximum Gasteiger partial charge on any atom is 0.331 e. The van der Waals surface area contributed by atoms with Crippen LogP contribution in [0.25, 0.3) is 22.3 Å². The zero-order chi connectivity index (χ0) is 19.6. The fraction of sp³-hybridized carbons (Fsp3) is 0.381. The van der Waals surface area contributed by atoms with E-state index in [1.54, 1.807) is 10.8 Å². The number of aromatic nitrogens is 3. The van der Waals surface area contributed by atoms with Crippen LogP contribution in [0.3, 0.4) is 0 Å². The molecular formula is C21H26N4O2. The van der Waals surface area contributed by atoms with Crippen molar-refractivity contribution in [3.8, 4) is 11.1 Å². The largest absolute Gasteiger partial charge is 0.368 e. The van der Waals surface area contributed by atoms with Gasteiger partial charge in [-0.15, -0.1) is 0 Å². The van der Waals surface area contributed by atoms with Crippen molar-refractivity contribution in [3.05, 3.63) is 52.6 Å². The van der Waals surface area contributed by atoms with E-state index >= 15 is 0 Å². The fourth-order valence-corrected chi connectivity index (χ4v) is 3.52. The zero-order valence-corrected chi connectivity index (χ0v) is 16.1. The third kappa shape index (κ3) is 3.52. The average molecular weight is 366 g/mol. The first-order valence-electron chi connectivity index (χ1n) is 9.45. The first-order chi connectivity index (χ1) is 13.0. The minimum absolute atomic E-state index is 0.235. The Labute approximate surface area is 158 Å². The molecule has 0 fully saturated rings. The van der Waals surface area contributed by atoms with E-state index in [1.807, 2.05) is 45.0 Å². The lowest BCUT2D eigenvalue weighted by Crippen LogP contribution is -2.34.